The third-order valence-electron chi connectivity index (χ3n) is 13.1. The summed E-state index contributed by atoms with van der Waals surface area (Å²) in [6.07, 6.45) is 1.18. The Morgan fingerprint density at radius 2 is 1.29 bits per heavy atom. The molecule has 7 aromatic rings. The van der Waals surface area contributed by atoms with Crippen LogP contribution in [0.4, 0.5) is 11.4 Å². The van der Waals surface area contributed by atoms with Crippen LogP contribution in [-0.4, -0.2) is 94.0 Å². The van der Waals surface area contributed by atoms with Gasteiger partial charge in [-0.1, -0.05) is 78.9 Å². The Kier molecular flexibility index (Phi) is 18.8. The first-order valence-electron chi connectivity index (χ1n) is 25.3. The molecule has 8 rings (SSSR count). The van der Waals surface area contributed by atoms with E-state index in [9.17, 15) is 25.5 Å². The fourth-order valence-electron chi connectivity index (χ4n) is 9.31. The minimum Gasteiger partial charge on any atom is -0.497 e. The minimum absolute atomic E-state index is 0.00934. The molecule has 0 spiro atoms. The van der Waals surface area contributed by atoms with Crippen LogP contribution in [0.15, 0.2) is 140 Å². The molecule has 0 aliphatic carbocycles. The summed E-state index contributed by atoms with van der Waals surface area (Å²) in [5.41, 5.74) is 3.44. The first-order chi connectivity index (χ1) is 37.3. The Bertz CT molecular complexity index is 3030. The van der Waals surface area contributed by atoms with Crippen LogP contribution in [0.3, 0.4) is 0 Å². The summed E-state index contributed by atoms with van der Waals surface area (Å²) in [6.45, 7) is 8.86. The van der Waals surface area contributed by atoms with Crippen LogP contribution in [0.1, 0.15) is 74.6 Å². The Hall–Kier alpha value is -7.56. The molecule has 20 heteroatoms. The van der Waals surface area contributed by atoms with Gasteiger partial charge in [0.15, 0.2) is 5.65 Å². The average molecular weight is 1070 g/mol. The molecule has 1 aliphatic heterocycles. The normalized spacial score (nSPS) is 15.9. The number of nitriles is 1. The van der Waals surface area contributed by atoms with Crippen LogP contribution in [0.25, 0.3) is 11.0 Å². The van der Waals surface area contributed by atoms with Crippen molar-refractivity contribution in [3.8, 4) is 29.5 Å². The highest BCUT2D eigenvalue weighted by Gasteiger charge is 2.45. The molecule has 1 fully saturated rings. The molecule has 4 atom stereocenters. The third kappa shape index (κ3) is 13.3. The number of fused-ring (bicyclic) bond motifs is 1. The lowest BCUT2D eigenvalue weighted by atomic mass is 9.80. The molecule has 19 nitrogen and oxygen atoms in total. The number of methoxy groups -OCH3 is 2. The second kappa shape index (κ2) is 26.0. The minimum atomic E-state index is -1.74. The van der Waals surface area contributed by atoms with Crippen molar-refractivity contribution in [1.82, 2.24) is 19.2 Å². The quantitative estimate of drug-likeness (QED) is 0.0154. The van der Waals surface area contributed by atoms with Crippen molar-refractivity contribution in [3.63, 3.8) is 0 Å². The van der Waals surface area contributed by atoms with E-state index >= 15 is 0 Å². The van der Waals surface area contributed by atoms with Crippen LogP contribution in [0.2, 0.25) is 0 Å². The lowest BCUT2D eigenvalue weighted by Gasteiger charge is -2.39. The number of nitro groups is 2. The predicted molar refractivity (Wildman–Crippen MR) is 289 cm³/mol. The number of nitrogens with zero attached hydrogens (tertiary/aromatic N) is 7. The van der Waals surface area contributed by atoms with Gasteiger partial charge in [-0.2, -0.15) is 15.2 Å². The van der Waals surface area contributed by atoms with Gasteiger partial charge in [0.25, 0.3) is 19.9 Å². The maximum Gasteiger partial charge on any atom is 0.321 e. The van der Waals surface area contributed by atoms with Crippen LogP contribution in [-0.2, 0) is 37.0 Å². The van der Waals surface area contributed by atoms with Gasteiger partial charge in [-0.25, -0.2) is 4.67 Å². The SMILES string of the molecule is COc1ccc(C(OC[C@H]2O[C@@H](n3ccc4c(OCCc5ccc([N+](=O)[O-])cc5)nc(OCCc5ccc([N+](=O)[O-])cc5)nc43)C[C@@H]2OP(OCCC#N)N(C(C)C)C(C)C)(c2ccccc2)c2ccc(OC)cc2)cc1. The summed E-state index contributed by atoms with van der Waals surface area (Å²) in [6, 6.07) is 42.3. The lowest BCUT2D eigenvalue weighted by molar-refractivity contribution is -0.385. The summed E-state index contributed by atoms with van der Waals surface area (Å²) in [5, 5.41) is 32.8. The van der Waals surface area contributed by atoms with Gasteiger partial charge in [-0.3, -0.25) is 20.2 Å². The Labute approximate surface area is 448 Å². The molecule has 3 heterocycles. The molecule has 1 saturated heterocycles. The molecule has 0 saturated carbocycles. The number of aromatic nitrogens is 3. The lowest BCUT2D eigenvalue weighted by Crippen LogP contribution is -2.39. The largest absolute Gasteiger partial charge is 0.497 e. The van der Waals surface area contributed by atoms with Crippen LogP contribution in [0, 0.1) is 31.6 Å². The second-order valence-corrected chi connectivity index (χ2v) is 20.1. The molecule has 402 valence electrons. The van der Waals surface area contributed by atoms with Crippen molar-refractivity contribution in [2.75, 3.05) is 40.6 Å². The molecule has 0 bridgehead atoms. The van der Waals surface area contributed by atoms with Crippen molar-refractivity contribution < 1.29 is 47.3 Å². The van der Waals surface area contributed by atoms with E-state index in [-0.39, 0.29) is 68.2 Å². The highest BCUT2D eigenvalue weighted by atomic mass is 31.2. The Morgan fingerprint density at radius 3 is 1.81 bits per heavy atom. The van der Waals surface area contributed by atoms with E-state index in [1.165, 1.54) is 24.3 Å². The van der Waals surface area contributed by atoms with E-state index < -0.39 is 42.4 Å². The monoisotopic (exact) mass is 1070 g/mol. The molecule has 1 unspecified atom stereocenters. The van der Waals surface area contributed by atoms with Gasteiger partial charge in [0, 0.05) is 61.8 Å². The van der Waals surface area contributed by atoms with Gasteiger partial charge in [0.2, 0.25) is 5.88 Å². The highest BCUT2D eigenvalue weighted by molar-refractivity contribution is 7.44. The molecular formula is C57H62N7O12P. The van der Waals surface area contributed by atoms with Crippen LogP contribution >= 0.6 is 8.53 Å². The number of rotatable bonds is 27. The second-order valence-electron chi connectivity index (χ2n) is 18.7. The number of ether oxygens (including phenoxy) is 6. The Balaban J connectivity index is 1.17. The maximum absolute atomic E-state index is 11.3. The standard InChI is InChI=1S/C57H62N7O12P/c1-39(2)62(40(3)4)77(74-34-10-32-58)76-51-37-53(75-52(51)38-73-57(43-11-8-7-9-12-43,44-17-25-48(69-5)26-18-44)45-19-27-49(70-6)28-20-45)61-33-29-50-54(61)59-56(72-36-31-42-15-23-47(24-16-42)64(67)68)60-55(50)71-35-30-41-13-21-46(22-14-41)63(65)66/h7-9,11-29,33,39-40,51-53H,10,30-31,34-38H2,1-6H3/t51-,52+,53+,77?/m0/s1. The fourth-order valence-corrected chi connectivity index (χ4v) is 11.1. The van der Waals surface area contributed by atoms with E-state index in [1.807, 2.05) is 95.7 Å². The molecule has 0 radical (unpaired) electrons. The summed E-state index contributed by atoms with van der Waals surface area (Å²) in [4.78, 5) is 31.4. The zero-order valence-corrected chi connectivity index (χ0v) is 44.7. The van der Waals surface area contributed by atoms with E-state index in [4.69, 9.17) is 47.4 Å². The topological polar surface area (TPSA) is 218 Å². The smallest absolute Gasteiger partial charge is 0.321 e. The van der Waals surface area contributed by atoms with E-state index in [1.54, 1.807) is 38.5 Å². The van der Waals surface area contributed by atoms with Gasteiger partial charge in [0.1, 0.15) is 29.4 Å². The molecule has 1 aliphatic rings. The first-order valence-corrected chi connectivity index (χ1v) is 26.4. The molecule has 0 N–H and O–H groups in total. The molecular weight excluding hydrogens is 1010 g/mol. The van der Waals surface area contributed by atoms with Crippen molar-refractivity contribution in [2.24, 2.45) is 0 Å². The third-order valence-corrected chi connectivity index (χ3v) is 15.2. The summed E-state index contributed by atoms with van der Waals surface area (Å²) in [7, 11) is 1.51. The summed E-state index contributed by atoms with van der Waals surface area (Å²) >= 11 is 0. The van der Waals surface area contributed by atoms with Gasteiger partial charge >= 0.3 is 6.01 Å². The average Bonchev–Trinajstić information content (AvgIpc) is 4.06. The Morgan fingerprint density at radius 1 is 0.740 bits per heavy atom. The van der Waals surface area contributed by atoms with E-state index in [2.05, 4.69) is 38.4 Å². The van der Waals surface area contributed by atoms with Gasteiger partial charge < -0.3 is 42.0 Å². The fraction of sp³-hybridized carbons (Fsp3) is 0.351. The number of benzene rings is 5. The van der Waals surface area contributed by atoms with Gasteiger partial charge in [-0.05, 0) is 85.8 Å². The summed E-state index contributed by atoms with van der Waals surface area (Å²) in [5.74, 6) is 1.62. The number of nitro benzene ring substituents is 2. The number of non-ortho nitro benzene ring substituents is 2. The van der Waals surface area contributed by atoms with Crippen LogP contribution in [0.5, 0.6) is 23.4 Å². The molecule has 0 amide bonds. The predicted octanol–water partition coefficient (Wildman–Crippen LogP) is 11.5. The van der Waals surface area contributed by atoms with Gasteiger partial charge in [-0.15, -0.1) is 0 Å². The maximum atomic E-state index is 11.3. The zero-order chi connectivity index (χ0) is 54.5. The summed E-state index contributed by atoms with van der Waals surface area (Å²) < 4.78 is 56.1. The van der Waals surface area contributed by atoms with E-state index in [0.29, 0.717) is 41.8 Å². The molecule has 77 heavy (non-hydrogen) atoms. The van der Waals surface area contributed by atoms with Crippen molar-refractivity contribution in [3.05, 3.63) is 188 Å². The van der Waals surface area contributed by atoms with Crippen LogP contribution < -0.4 is 18.9 Å². The van der Waals surface area contributed by atoms with Crippen molar-refractivity contribution >= 4 is 30.9 Å². The number of hydrogen-bond acceptors (Lipinski definition) is 16. The zero-order valence-electron chi connectivity index (χ0n) is 43.8. The molecule has 5 aromatic carbocycles. The van der Waals surface area contributed by atoms with E-state index in [0.717, 1.165) is 27.8 Å². The van der Waals surface area contributed by atoms with Crippen molar-refractivity contribution in [2.45, 2.75) is 89.5 Å². The first kappa shape index (κ1) is 55.7. The van der Waals surface area contributed by atoms with Gasteiger partial charge in [0.05, 0.1) is 74.5 Å². The number of hydrogen-bond donors (Lipinski definition) is 0. The van der Waals surface area contributed by atoms with Crippen molar-refractivity contribution in [1.29, 1.82) is 5.26 Å². The highest BCUT2D eigenvalue weighted by Crippen LogP contribution is 2.51. The molecule has 2 aromatic heterocycles.